The minimum absolute atomic E-state index is 0.143. The fourth-order valence-electron chi connectivity index (χ4n) is 2.21. The van der Waals surface area contributed by atoms with Crippen LogP contribution in [0.2, 0.25) is 0 Å². The molecule has 3 rings (SSSR count). The summed E-state index contributed by atoms with van der Waals surface area (Å²) < 4.78 is 6.43. The summed E-state index contributed by atoms with van der Waals surface area (Å²) in [5, 5.41) is 0.623. The van der Waals surface area contributed by atoms with Gasteiger partial charge in [-0.3, -0.25) is 0 Å². The minimum atomic E-state index is 0.143. The number of aromatic nitrogens is 1. The lowest BCUT2D eigenvalue weighted by Gasteiger charge is -2.40. The van der Waals surface area contributed by atoms with E-state index in [1.807, 2.05) is 6.07 Å². The smallest absolute Gasteiger partial charge is 0.181 e. The van der Waals surface area contributed by atoms with Gasteiger partial charge < -0.3 is 16.2 Å². The third kappa shape index (κ3) is 1.90. The van der Waals surface area contributed by atoms with Gasteiger partial charge in [0.1, 0.15) is 0 Å². The maximum Gasteiger partial charge on any atom is 0.181 e. The van der Waals surface area contributed by atoms with Gasteiger partial charge in [0.15, 0.2) is 5.13 Å². The molecule has 4 N–H and O–H groups in total. The van der Waals surface area contributed by atoms with Gasteiger partial charge in [-0.15, -0.1) is 0 Å². The third-order valence-electron chi connectivity index (χ3n) is 3.30. The average Bonchev–Trinajstić information content (AvgIpc) is 2.63. The molecule has 2 heterocycles. The summed E-state index contributed by atoms with van der Waals surface area (Å²) in [6, 6.07) is 6.30. The first-order valence-corrected chi connectivity index (χ1v) is 6.45. The quantitative estimate of drug-likeness (QED) is 0.862. The number of hydrogen-bond donors (Lipinski definition) is 2. The van der Waals surface area contributed by atoms with Gasteiger partial charge in [-0.1, -0.05) is 17.4 Å². The normalized spacial score (nSPS) is 18.2. The first kappa shape index (κ1) is 11.0. The van der Waals surface area contributed by atoms with Crippen molar-refractivity contribution in [3.63, 3.8) is 0 Å². The van der Waals surface area contributed by atoms with Crippen LogP contribution in [-0.4, -0.2) is 24.7 Å². The van der Waals surface area contributed by atoms with E-state index in [-0.39, 0.29) is 5.41 Å². The number of benzene rings is 1. The summed E-state index contributed by atoms with van der Waals surface area (Å²) in [7, 11) is 0. The number of anilines is 1. The number of nitrogens with two attached hydrogens (primary N) is 2. The van der Waals surface area contributed by atoms with Crippen molar-refractivity contribution in [1.82, 2.24) is 4.98 Å². The lowest BCUT2D eigenvalue weighted by Crippen LogP contribution is -2.49. The highest BCUT2D eigenvalue weighted by Gasteiger charge is 2.37. The van der Waals surface area contributed by atoms with E-state index in [4.69, 9.17) is 16.2 Å². The van der Waals surface area contributed by atoms with E-state index in [0.717, 1.165) is 29.9 Å². The first-order chi connectivity index (χ1) is 8.21. The highest BCUT2D eigenvalue weighted by Crippen LogP contribution is 2.32. The molecule has 0 bridgehead atoms. The van der Waals surface area contributed by atoms with Gasteiger partial charge in [0.25, 0.3) is 0 Å². The Labute approximate surface area is 104 Å². The number of nitrogens with zero attached hydrogens (tertiary/aromatic N) is 1. The van der Waals surface area contributed by atoms with Gasteiger partial charge >= 0.3 is 0 Å². The molecule has 1 aliphatic rings. The Bertz CT molecular complexity index is 542. The third-order valence-corrected chi connectivity index (χ3v) is 4.15. The SMILES string of the molecule is NCC1(Cc2ccc3nc(N)sc3c2)COC1. The average molecular weight is 249 g/mol. The molecule has 0 radical (unpaired) electrons. The lowest BCUT2D eigenvalue weighted by atomic mass is 9.80. The van der Waals surface area contributed by atoms with Crippen LogP contribution in [0.4, 0.5) is 5.13 Å². The number of thiazole rings is 1. The van der Waals surface area contributed by atoms with E-state index in [1.54, 1.807) is 0 Å². The Hall–Kier alpha value is -1.17. The second-order valence-electron chi connectivity index (χ2n) is 4.73. The summed E-state index contributed by atoms with van der Waals surface area (Å²) in [6.07, 6.45) is 0.969. The molecule has 0 spiro atoms. The molecular weight excluding hydrogens is 234 g/mol. The second kappa shape index (κ2) is 3.94. The van der Waals surface area contributed by atoms with Crippen molar-refractivity contribution in [2.24, 2.45) is 11.1 Å². The fraction of sp³-hybridized carbons (Fsp3) is 0.417. The standard InChI is InChI=1S/C12H15N3OS/c13-5-12(6-16-7-12)4-8-1-2-9-10(3-8)17-11(14)15-9/h1-3H,4-7,13H2,(H2,14,15). The summed E-state index contributed by atoms with van der Waals surface area (Å²) in [4.78, 5) is 4.25. The van der Waals surface area contributed by atoms with Crippen molar-refractivity contribution < 1.29 is 4.74 Å². The first-order valence-electron chi connectivity index (χ1n) is 5.64. The number of ether oxygens (including phenoxy) is 1. The molecule has 1 aromatic carbocycles. The topological polar surface area (TPSA) is 74.2 Å². The minimum Gasteiger partial charge on any atom is -0.380 e. The van der Waals surface area contributed by atoms with Gasteiger partial charge in [-0.2, -0.15) is 0 Å². The van der Waals surface area contributed by atoms with Crippen LogP contribution in [0.15, 0.2) is 18.2 Å². The van der Waals surface area contributed by atoms with Crippen LogP contribution >= 0.6 is 11.3 Å². The molecule has 0 saturated carbocycles. The predicted octanol–water partition coefficient (Wildman–Crippen LogP) is 1.40. The van der Waals surface area contributed by atoms with Gasteiger partial charge in [0.05, 0.1) is 23.4 Å². The maximum atomic E-state index is 5.82. The molecule has 90 valence electrons. The molecule has 0 amide bonds. The Balaban J connectivity index is 1.90. The Morgan fingerprint density at radius 2 is 2.24 bits per heavy atom. The maximum absolute atomic E-state index is 5.82. The Morgan fingerprint density at radius 1 is 1.41 bits per heavy atom. The summed E-state index contributed by atoms with van der Waals surface area (Å²) in [5.41, 5.74) is 13.9. The number of hydrogen-bond acceptors (Lipinski definition) is 5. The molecule has 17 heavy (non-hydrogen) atoms. The molecule has 2 aromatic rings. The van der Waals surface area contributed by atoms with E-state index in [0.29, 0.717) is 11.7 Å². The second-order valence-corrected chi connectivity index (χ2v) is 5.79. The molecule has 4 nitrogen and oxygen atoms in total. The van der Waals surface area contributed by atoms with Crippen molar-refractivity contribution in [1.29, 1.82) is 0 Å². The van der Waals surface area contributed by atoms with Crippen LogP contribution < -0.4 is 11.5 Å². The zero-order valence-corrected chi connectivity index (χ0v) is 10.3. The Morgan fingerprint density at radius 3 is 2.88 bits per heavy atom. The van der Waals surface area contributed by atoms with Crippen molar-refractivity contribution >= 4 is 26.7 Å². The van der Waals surface area contributed by atoms with Crippen LogP contribution in [0.1, 0.15) is 5.56 Å². The van der Waals surface area contributed by atoms with Crippen LogP contribution in [-0.2, 0) is 11.2 Å². The molecule has 0 atom stereocenters. The predicted molar refractivity (Wildman–Crippen MR) is 70.0 cm³/mol. The van der Waals surface area contributed by atoms with Gasteiger partial charge in [-0.25, -0.2) is 4.98 Å². The highest BCUT2D eigenvalue weighted by molar-refractivity contribution is 7.22. The van der Waals surface area contributed by atoms with Crippen molar-refractivity contribution in [2.45, 2.75) is 6.42 Å². The van der Waals surface area contributed by atoms with Crippen LogP contribution in [0.5, 0.6) is 0 Å². The van der Waals surface area contributed by atoms with Crippen LogP contribution in [0.25, 0.3) is 10.2 Å². The van der Waals surface area contributed by atoms with E-state index in [1.165, 1.54) is 16.9 Å². The van der Waals surface area contributed by atoms with E-state index in [9.17, 15) is 0 Å². The number of rotatable bonds is 3. The lowest BCUT2D eigenvalue weighted by molar-refractivity contribution is -0.106. The highest BCUT2D eigenvalue weighted by atomic mass is 32.1. The van der Waals surface area contributed by atoms with Gasteiger partial charge in [0.2, 0.25) is 0 Å². The van der Waals surface area contributed by atoms with Crippen molar-refractivity contribution in [2.75, 3.05) is 25.5 Å². The zero-order chi connectivity index (χ0) is 11.9. The van der Waals surface area contributed by atoms with Crippen molar-refractivity contribution in [3.05, 3.63) is 23.8 Å². The zero-order valence-electron chi connectivity index (χ0n) is 9.48. The molecule has 1 aliphatic heterocycles. The summed E-state index contributed by atoms with van der Waals surface area (Å²) >= 11 is 1.53. The number of fused-ring (bicyclic) bond motifs is 1. The van der Waals surface area contributed by atoms with Gasteiger partial charge in [-0.05, 0) is 24.1 Å². The molecule has 1 aromatic heterocycles. The van der Waals surface area contributed by atoms with Crippen LogP contribution in [0, 0.1) is 5.41 Å². The molecule has 1 saturated heterocycles. The molecular formula is C12H15N3OS. The van der Waals surface area contributed by atoms with E-state index >= 15 is 0 Å². The molecule has 5 heteroatoms. The summed E-state index contributed by atoms with van der Waals surface area (Å²) in [6.45, 7) is 2.22. The fourth-order valence-corrected chi connectivity index (χ4v) is 3.01. The monoisotopic (exact) mass is 249 g/mol. The van der Waals surface area contributed by atoms with Gasteiger partial charge in [0, 0.05) is 12.0 Å². The largest absolute Gasteiger partial charge is 0.380 e. The number of nitrogen functional groups attached to an aromatic ring is 1. The molecule has 0 aliphatic carbocycles. The van der Waals surface area contributed by atoms with Crippen molar-refractivity contribution in [3.8, 4) is 0 Å². The molecule has 1 fully saturated rings. The molecule has 0 unspecified atom stereocenters. The van der Waals surface area contributed by atoms with E-state index in [2.05, 4.69) is 17.1 Å². The van der Waals surface area contributed by atoms with Crippen LogP contribution in [0.3, 0.4) is 0 Å². The Kier molecular flexibility index (Phi) is 2.54. The summed E-state index contributed by atoms with van der Waals surface area (Å²) in [5.74, 6) is 0. The van der Waals surface area contributed by atoms with E-state index < -0.39 is 0 Å².